The van der Waals surface area contributed by atoms with Crippen molar-refractivity contribution in [1.29, 1.82) is 0 Å². The number of hydrogen-bond acceptors (Lipinski definition) is 5. The average Bonchev–Trinajstić information content (AvgIpc) is 2.55. The van der Waals surface area contributed by atoms with Crippen molar-refractivity contribution in [2.45, 2.75) is 27.7 Å². The second-order valence-corrected chi connectivity index (χ2v) is 6.01. The molecule has 6 nitrogen and oxygen atoms in total. The maximum atomic E-state index is 12.3. The second kappa shape index (κ2) is 7.25. The molecule has 0 amide bonds. The molecule has 2 aromatic rings. The summed E-state index contributed by atoms with van der Waals surface area (Å²) in [5, 5.41) is 10.9. The van der Waals surface area contributed by atoms with Gasteiger partial charge in [-0.15, -0.1) is 0 Å². The summed E-state index contributed by atoms with van der Waals surface area (Å²) in [4.78, 5) is 34.8. The number of carbonyl (C=O) groups excluding carboxylic acids is 2. The Kier molecular flexibility index (Phi) is 5.32. The van der Waals surface area contributed by atoms with Crippen molar-refractivity contribution < 1.29 is 19.2 Å². The van der Waals surface area contributed by atoms with Crippen molar-refractivity contribution >= 4 is 17.4 Å². The molecule has 6 heteroatoms. The lowest BCUT2D eigenvalue weighted by Crippen LogP contribution is -2.15. The standard InChI is InChI=1S/C19H19NO5/c1-11-5-6-15(9-17(11)20(23)24)19(22)25-10-18(21)16-8-13(3)12(2)7-14(16)4/h5-9H,10H2,1-4H3. The van der Waals surface area contributed by atoms with Gasteiger partial charge in [-0.3, -0.25) is 14.9 Å². The molecule has 0 unspecified atom stereocenters. The molecule has 0 heterocycles. The van der Waals surface area contributed by atoms with Crippen LogP contribution in [0, 0.1) is 37.8 Å². The molecule has 130 valence electrons. The summed E-state index contributed by atoms with van der Waals surface area (Å²) >= 11 is 0. The van der Waals surface area contributed by atoms with Crippen LogP contribution in [0.2, 0.25) is 0 Å². The number of nitrogens with zero attached hydrogens (tertiary/aromatic N) is 1. The lowest BCUT2D eigenvalue weighted by atomic mass is 9.98. The predicted octanol–water partition coefficient (Wildman–Crippen LogP) is 3.87. The number of hydrogen-bond donors (Lipinski definition) is 0. The molecule has 0 N–H and O–H groups in total. The van der Waals surface area contributed by atoms with Crippen molar-refractivity contribution in [2.24, 2.45) is 0 Å². The number of carbonyl (C=O) groups is 2. The highest BCUT2D eigenvalue weighted by Gasteiger charge is 2.18. The Morgan fingerprint density at radius 1 is 0.960 bits per heavy atom. The molecule has 0 spiro atoms. The van der Waals surface area contributed by atoms with Gasteiger partial charge >= 0.3 is 5.97 Å². The molecular weight excluding hydrogens is 322 g/mol. The molecule has 0 bridgehead atoms. The van der Waals surface area contributed by atoms with Crippen LogP contribution >= 0.6 is 0 Å². The third-order valence-electron chi connectivity index (χ3n) is 4.12. The molecule has 0 saturated heterocycles. The van der Waals surface area contributed by atoms with E-state index >= 15 is 0 Å². The SMILES string of the molecule is Cc1cc(C)c(C(=O)COC(=O)c2ccc(C)c([N+](=O)[O-])c2)cc1C. The summed E-state index contributed by atoms with van der Waals surface area (Å²) < 4.78 is 5.03. The van der Waals surface area contributed by atoms with Crippen molar-refractivity contribution in [3.63, 3.8) is 0 Å². The molecule has 2 rings (SSSR count). The first-order valence-corrected chi connectivity index (χ1v) is 7.74. The Morgan fingerprint density at radius 2 is 1.60 bits per heavy atom. The van der Waals surface area contributed by atoms with Gasteiger partial charge in [0.25, 0.3) is 5.69 Å². The number of ketones is 1. The Balaban J connectivity index is 2.12. The summed E-state index contributed by atoms with van der Waals surface area (Å²) in [5.74, 6) is -1.08. The van der Waals surface area contributed by atoms with Gasteiger partial charge in [0.05, 0.1) is 10.5 Å². The fourth-order valence-electron chi connectivity index (χ4n) is 2.49. The van der Waals surface area contributed by atoms with Gasteiger partial charge in [-0.1, -0.05) is 12.1 Å². The summed E-state index contributed by atoms with van der Waals surface area (Å²) in [6, 6.07) is 7.76. The van der Waals surface area contributed by atoms with Gasteiger partial charge in [-0.05, 0) is 56.5 Å². The number of nitro benzene ring substituents is 1. The minimum atomic E-state index is -0.766. The summed E-state index contributed by atoms with van der Waals surface area (Å²) in [7, 11) is 0. The van der Waals surface area contributed by atoms with E-state index in [9.17, 15) is 19.7 Å². The zero-order valence-electron chi connectivity index (χ0n) is 14.6. The van der Waals surface area contributed by atoms with Crippen LogP contribution in [-0.4, -0.2) is 23.3 Å². The van der Waals surface area contributed by atoms with Gasteiger partial charge in [0.15, 0.2) is 6.61 Å². The highest BCUT2D eigenvalue weighted by atomic mass is 16.6. The number of ether oxygens (including phenoxy) is 1. The van der Waals surface area contributed by atoms with Gasteiger partial charge < -0.3 is 4.74 Å². The smallest absolute Gasteiger partial charge is 0.338 e. The van der Waals surface area contributed by atoms with Crippen molar-refractivity contribution in [3.05, 3.63) is 73.8 Å². The van der Waals surface area contributed by atoms with Crippen LogP contribution in [0.3, 0.4) is 0 Å². The molecule has 25 heavy (non-hydrogen) atoms. The van der Waals surface area contributed by atoms with Gasteiger partial charge in [0.2, 0.25) is 5.78 Å². The molecule has 2 aromatic carbocycles. The Labute approximate surface area is 145 Å². The number of benzene rings is 2. The fourth-order valence-corrected chi connectivity index (χ4v) is 2.49. The molecule has 0 aromatic heterocycles. The first kappa shape index (κ1) is 18.3. The largest absolute Gasteiger partial charge is 0.454 e. The second-order valence-electron chi connectivity index (χ2n) is 6.01. The van der Waals surface area contributed by atoms with E-state index in [0.29, 0.717) is 11.1 Å². The van der Waals surface area contributed by atoms with Crippen LogP contribution in [0.1, 0.15) is 43.0 Å². The molecule has 0 aliphatic carbocycles. The Hall–Kier alpha value is -3.02. The summed E-state index contributed by atoms with van der Waals surface area (Å²) in [5.41, 5.74) is 3.71. The van der Waals surface area contributed by atoms with Crippen molar-refractivity contribution in [1.82, 2.24) is 0 Å². The van der Waals surface area contributed by atoms with Crippen LogP contribution < -0.4 is 0 Å². The number of rotatable bonds is 5. The average molecular weight is 341 g/mol. The third kappa shape index (κ3) is 4.09. The first-order chi connectivity index (χ1) is 11.7. The molecule has 0 aliphatic heterocycles. The number of Topliss-reactive ketones (excluding diaryl/α,β-unsaturated/α-hetero) is 1. The molecule has 0 radical (unpaired) electrons. The molecule has 0 atom stereocenters. The van der Waals surface area contributed by atoms with Crippen LogP contribution in [0.15, 0.2) is 30.3 Å². The molecule has 0 saturated carbocycles. The van der Waals surface area contributed by atoms with E-state index in [2.05, 4.69) is 0 Å². The minimum Gasteiger partial charge on any atom is -0.454 e. The van der Waals surface area contributed by atoms with E-state index in [1.54, 1.807) is 13.0 Å². The maximum absolute atomic E-state index is 12.3. The Bertz CT molecular complexity index is 870. The lowest BCUT2D eigenvalue weighted by Gasteiger charge is -2.10. The number of nitro groups is 1. The highest BCUT2D eigenvalue weighted by molar-refractivity contribution is 6.00. The number of aryl methyl sites for hydroxylation is 4. The van der Waals surface area contributed by atoms with Crippen LogP contribution in [0.25, 0.3) is 0 Å². The third-order valence-corrected chi connectivity index (χ3v) is 4.12. The number of esters is 1. The minimum absolute atomic E-state index is 0.0434. The van der Waals surface area contributed by atoms with Crippen LogP contribution in [0.5, 0.6) is 0 Å². The van der Waals surface area contributed by atoms with Gasteiger partial charge in [0.1, 0.15) is 0 Å². The predicted molar refractivity (Wildman–Crippen MR) is 93.1 cm³/mol. The maximum Gasteiger partial charge on any atom is 0.338 e. The fraction of sp³-hybridized carbons (Fsp3) is 0.263. The van der Waals surface area contributed by atoms with Gasteiger partial charge in [0, 0.05) is 17.2 Å². The zero-order valence-corrected chi connectivity index (χ0v) is 14.6. The highest BCUT2D eigenvalue weighted by Crippen LogP contribution is 2.20. The Morgan fingerprint density at radius 3 is 2.24 bits per heavy atom. The lowest BCUT2D eigenvalue weighted by molar-refractivity contribution is -0.385. The van der Waals surface area contributed by atoms with E-state index in [1.807, 2.05) is 26.8 Å². The van der Waals surface area contributed by atoms with Crippen LogP contribution in [0.4, 0.5) is 5.69 Å². The van der Waals surface area contributed by atoms with Crippen molar-refractivity contribution in [3.8, 4) is 0 Å². The normalized spacial score (nSPS) is 10.4. The van der Waals surface area contributed by atoms with Gasteiger partial charge in [-0.25, -0.2) is 4.79 Å². The van der Waals surface area contributed by atoms with E-state index in [-0.39, 0.29) is 17.0 Å². The molecule has 0 aliphatic rings. The summed E-state index contributed by atoms with van der Waals surface area (Å²) in [6.07, 6.45) is 0. The van der Waals surface area contributed by atoms with E-state index in [1.165, 1.54) is 12.1 Å². The van der Waals surface area contributed by atoms with Crippen molar-refractivity contribution in [2.75, 3.05) is 6.61 Å². The van der Waals surface area contributed by atoms with E-state index in [4.69, 9.17) is 4.74 Å². The summed E-state index contributed by atoms with van der Waals surface area (Å²) in [6.45, 7) is 6.86. The molecular formula is C19H19NO5. The zero-order chi connectivity index (χ0) is 18.7. The first-order valence-electron chi connectivity index (χ1n) is 7.74. The van der Waals surface area contributed by atoms with E-state index < -0.39 is 17.5 Å². The van der Waals surface area contributed by atoms with Gasteiger partial charge in [-0.2, -0.15) is 0 Å². The molecule has 0 fully saturated rings. The quantitative estimate of drug-likeness (QED) is 0.357. The van der Waals surface area contributed by atoms with Crippen LogP contribution in [-0.2, 0) is 4.74 Å². The monoisotopic (exact) mass is 341 g/mol. The van der Waals surface area contributed by atoms with E-state index in [0.717, 1.165) is 22.8 Å². The topological polar surface area (TPSA) is 86.5 Å².